The van der Waals surface area contributed by atoms with Gasteiger partial charge in [0.05, 0.1) is 30.2 Å². The Labute approximate surface area is 217 Å². The molecule has 0 bridgehead atoms. The van der Waals surface area contributed by atoms with Gasteiger partial charge in [0.15, 0.2) is 5.43 Å². The molecule has 0 radical (unpaired) electrons. The molecule has 1 aromatic heterocycles. The summed E-state index contributed by atoms with van der Waals surface area (Å²) in [6.07, 6.45) is 1.97. The number of hydrogen-bond acceptors (Lipinski definition) is 5. The van der Waals surface area contributed by atoms with Gasteiger partial charge in [0.25, 0.3) is 5.91 Å². The largest absolute Gasteiger partial charge is 0.494 e. The van der Waals surface area contributed by atoms with Crippen molar-refractivity contribution in [2.24, 2.45) is 0 Å². The Kier molecular flexibility index (Phi) is 6.83. The molecular formula is C29H26BrNO5. The van der Waals surface area contributed by atoms with Gasteiger partial charge in [-0.25, -0.2) is 0 Å². The van der Waals surface area contributed by atoms with Gasteiger partial charge < -0.3 is 13.9 Å². The number of fused-ring (bicyclic) bond motifs is 2. The summed E-state index contributed by atoms with van der Waals surface area (Å²) in [5.74, 6) is 1.10. The lowest BCUT2D eigenvalue weighted by Crippen LogP contribution is -2.29. The van der Waals surface area contributed by atoms with E-state index in [9.17, 15) is 9.59 Å². The van der Waals surface area contributed by atoms with Gasteiger partial charge in [-0.3, -0.25) is 14.5 Å². The highest BCUT2D eigenvalue weighted by atomic mass is 79.9. The van der Waals surface area contributed by atoms with E-state index in [1.165, 1.54) is 0 Å². The molecule has 184 valence electrons. The molecule has 0 saturated heterocycles. The SMILES string of the molecule is CCCCOc1cccc(C2c3c(oc4ccc(Br)cc4c3=O)C(=O)N2c2ccc(OCC)cc2)c1. The van der Waals surface area contributed by atoms with Gasteiger partial charge in [-0.1, -0.05) is 41.4 Å². The number of amides is 1. The van der Waals surface area contributed by atoms with E-state index in [2.05, 4.69) is 22.9 Å². The van der Waals surface area contributed by atoms with Crippen LogP contribution in [0.15, 0.2) is 80.4 Å². The van der Waals surface area contributed by atoms with Crippen LogP contribution in [0.1, 0.15) is 54.4 Å². The summed E-state index contributed by atoms with van der Waals surface area (Å²) in [5, 5.41) is 0.421. The molecule has 7 heteroatoms. The van der Waals surface area contributed by atoms with E-state index in [-0.39, 0.29) is 17.1 Å². The fourth-order valence-electron chi connectivity index (χ4n) is 4.51. The molecule has 2 heterocycles. The number of nitrogens with zero attached hydrogens (tertiary/aromatic N) is 1. The van der Waals surface area contributed by atoms with Crippen molar-refractivity contribution in [3.8, 4) is 11.5 Å². The topological polar surface area (TPSA) is 69.0 Å². The first-order chi connectivity index (χ1) is 17.5. The quantitative estimate of drug-likeness (QED) is 0.225. The zero-order valence-electron chi connectivity index (χ0n) is 20.1. The zero-order valence-corrected chi connectivity index (χ0v) is 21.7. The predicted molar refractivity (Wildman–Crippen MR) is 143 cm³/mol. The standard InChI is InChI=1S/C29H26BrNO5/c1-3-5-15-35-22-8-6-7-18(16-22)26-25-27(32)23-17-19(30)9-14-24(23)36-28(25)29(33)31(26)20-10-12-21(13-11-20)34-4-2/h6-14,16-17,26H,3-5,15H2,1-2H3. The molecule has 36 heavy (non-hydrogen) atoms. The van der Waals surface area contributed by atoms with Crippen LogP contribution in [0.2, 0.25) is 0 Å². The summed E-state index contributed by atoms with van der Waals surface area (Å²) < 4.78 is 18.3. The number of anilines is 1. The molecule has 1 unspecified atom stereocenters. The molecule has 1 aliphatic heterocycles. The maximum absolute atomic E-state index is 13.8. The lowest BCUT2D eigenvalue weighted by Gasteiger charge is -2.25. The van der Waals surface area contributed by atoms with Gasteiger partial charge in [-0.15, -0.1) is 0 Å². The Bertz CT molecular complexity index is 1480. The highest BCUT2D eigenvalue weighted by Crippen LogP contribution is 2.42. The third-order valence-electron chi connectivity index (χ3n) is 6.20. The number of halogens is 1. The predicted octanol–water partition coefficient (Wildman–Crippen LogP) is 6.88. The van der Waals surface area contributed by atoms with Crippen molar-refractivity contribution in [2.75, 3.05) is 18.1 Å². The first-order valence-electron chi connectivity index (χ1n) is 12.1. The van der Waals surface area contributed by atoms with Crippen LogP contribution in [0, 0.1) is 0 Å². The van der Waals surface area contributed by atoms with Crippen LogP contribution in [0.4, 0.5) is 5.69 Å². The van der Waals surface area contributed by atoms with E-state index < -0.39 is 6.04 Å². The van der Waals surface area contributed by atoms with E-state index >= 15 is 0 Å². The van der Waals surface area contributed by atoms with Gasteiger partial charge in [0.1, 0.15) is 17.1 Å². The monoisotopic (exact) mass is 547 g/mol. The number of unbranched alkanes of at least 4 members (excludes halogenated alkanes) is 1. The van der Waals surface area contributed by atoms with E-state index in [4.69, 9.17) is 13.9 Å². The lowest BCUT2D eigenvalue weighted by molar-refractivity contribution is 0.0971. The van der Waals surface area contributed by atoms with Gasteiger partial charge in [-0.05, 0) is 73.5 Å². The van der Waals surface area contributed by atoms with Crippen molar-refractivity contribution in [2.45, 2.75) is 32.7 Å². The highest BCUT2D eigenvalue weighted by Gasteiger charge is 2.43. The van der Waals surface area contributed by atoms with Crippen molar-refractivity contribution >= 4 is 38.5 Å². The van der Waals surface area contributed by atoms with Crippen LogP contribution in [0.5, 0.6) is 11.5 Å². The van der Waals surface area contributed by atoms with Crippen LogP contribution in [0.3, 0.4) is 0 Å². The van der Waals surface area contributed by atoms with Crippen molar-refractivity contribution in [1.29, 1.82) is 0 Å². The Balaban J connectivity index is 1.68. The Hall–Kier alpha value is -3.58. The molecule has 1 aliphatic rings. The minimum Gasteiger partial charge on any atom is -0.494 e. The molecule has 0 saturated carbocycles. The minimum absolute atomic E-state index is 0.0611. The molecule has 3 aromatic carbocycles. The zero-order chi connectivity index (χ0) is 25.2. The van der Waals surface area contributed by atoms with Crippen LogP contribution in [-0.2, 0) is 0 Å². The molecule has 6 nitrogen and oxygen atoms in total. The summed E-state index contributed by atoms with van der Waals surface area (Å²) in [5.41, 5.74) is 1.88. The Morgan fingerprint density at radius 2 is 1.75 bits per heavy atom. The molecule has 1 atom stereocenters. The van der Waals surface area contributed by atoms with Crippen molar-refractivity contribution in [3.05, 3.63) is 98.3 Å². The third kappa shape index (κ3) is 4.39. The van der Waals surface area contributed by atoms with Crippen molar-refractivity contribution in [1.82, 2.24) is 0 Å². The minimum atomic E-state index is -0.667. The van der Waals surface area contributed by atoms with Gasteiger partial charge in [0, 0.05) is 10.2 Å². The van der Waals surface area contributed by atoms with E-state index in [1.807, 2.05) is 55.5 Å². The van der Waals surface area contributed by atoms with Crippen LogP contribution >= 0.6 is 15.9 Å². The molecule has 0 N–H and O–H groups in total. The molecule has 4 aromatic rings. The second-order valence-corrected chi connectivity index (χ2v) is 9.51. The second-order valence-electron chi connectivity index (χ2n) is 8.59. The van der Waals surface area contributed by atoms with Crippen LogP contribution in [0.25, 0.3) is 11.0 Å². The maximum Gasteiger partial charge on any atom is 0.295 e. The number of carbonyl (C=O) groups is 1. The highest BCUT2D eigenvalue weighted by molar-refractivity contribution is 9.10. The summed E-state index contributed by atoms with van der Waals surface area (Å²) in [4.78, 5) is 29.2. The number of rotatable bonds is 8. The lowest BCUT2D eigenvalue weighted by atomic mass is 9.98. The molecule has 5 rings (SSSR count). The third-order valence-corrected chi connectivity index (χ3v) is 6.69. The normalized spacial score (nSPS) is 14.8. The van der Waals surface area contributed by atoms with E-state index in [1.54, 1.807) is 23.1 Å². The smallest absolute Gasteiger partial charge is 0.295 e. The van der Waals surface area contributed by atoms with E-state index in [0.29, 0.717) is 46.9 Å². The maximum atomic E-state index is 13.8. The molecule has 0 fully saturated rings. The second kappa shape index (κ2) is 10.2. The molecule has 1 amide bonds. The van der Waals surface area contributed by atoms with Gasteiger partial charge in [-0.2, -0.15) is 0 Å². The van der Waals surface area contributed by atoms with Crippen molar-refractivity contribution < 1.29 is 18.7 Å². The van der Waals surface area contributed by atoms with E-state index in [0.717, 1.165) is 22.9 Å². The number of benzene rings is 3. The average molecular weight is 548 g/mol. The molecular weight excluding hydrogens is 522 g/mol. The average Bonchev–Trinajstić information content (AvgIpc) is 3.18. The summed E-state index contributed by atoms with van der Waals surface area (Å²) >= 11 is 3.44. The molecule has 0 aliphatic carbocycles. The first-order valence-corrected chi connectivity index (χ1v) is 12.9. The fourth-order valence-corrected chi connectivity index (χ4v) is 4.87. The van der Waals surface area contributed by atoms with Gasteiger partial charge in [0.2, 0.25) is 5.76 Å². The number of carbonyl (C=O) groups excluding carboxylic acids is 1. The number of hydrogen-bond donors (Lipinski definition) is 0. The van der Waals surface area contributed by atoms with Gasteiger partial charge >= 0.3 is 0 Å². The van der Waals surface area contributed by atoms with Crippen LogP contribution < -0.4 is 19.8 Å². The van der Waals surface area contributed by atoms with Crippen LogP contribution in [-0.4, -0.2) is 19.1 Å². The summed E-state index contributed by atoms with van der Waals surface area (Å²) in [6, 6.07) is 19.4. The first kappa shape index (κ1) is 24.1. The van der Waals surface area contributed by atoms with Crippen molar-refractivity contribution in [3.63, 3.8) is 0 Å². The summed E-state index contributed by atoms with van der Waals surface area (Å²) in [7, 11) is 0. The Morgan fingerprint density at radius 3 is 2.50 bits per heavy atom. The molecule has 0 spiro atoms. The Morgan fingerprint density at radius 1 is 0.944 bits per heavy atom. The fraction of sp³-hybridized carbons (Fsp3) is 0.241. The number of ether oxygens (including phenoxy) is 2. The summed E-state index contributed by atoms with van der Waals surface area (Å²) in [6.45, 7) is 5.17.